The molecule has 0 saturated heterocycles. The fourth-order valence-corrected chi connectivity index (χ4v) is 3.46. The predicted molar refractivity (Wildman–Crippen MR) is 114 cm³/mol. The highest BCUT2D eigenvalue weighted by atomic mass is 35.5. The van der Waals surface area contributed by atoms with E-state index >= 15 is 0 Å². The lowest BCUT2D eigenvalue weighted by Crippen LogP contribution is -2.38. The molecule has 2 aromatic heterocycles. The zero-order valence-corrected chi connectivity index (χ0v) is 17.9. The second kappa shape index (κ2) is 9.99. The number of rotatable bonds is 5. The van der Waals surface area contributed by atoms with Gasteiger partial charge in [0.25, 0.3) is 0 Å². The van der Waals surface area contributed by atoms with Crippen molar-refractivity contribution < 1.29 is 22.8 Å². The predicted octanol–water partition coefficient (Wildman–Crippen LogP) is 4.15. The number of amides is 3. The highest BCUT2D eigenvalue weighted by molar-refractivity contribution is 6.32. The Morgan fingerprint density at radius 1 is 1.22 bits per heavy atom. The molecule has 3 rings (SSSR count). The van der Waals surface area contributed by atoms with Crippen molar-refractivity contribution in [1.29, 1.82) is 0 Å². The number of halogens is 4. The molecule has 0 unspecified atom stereocenters. The molecular weight excluding hydrogens is 447 g/mol. The number of urea groups is 1. The van der Waals surface area contributed by atoms with Gasteiger partial charge in [-0.2, -0.15) is 13.2 Å². The Morgan fingerprint density at radius 3 is 2.56 bits per heavy atom. The van der Waals surface area contributed by atoms with Gasteiger partial charge in [-0.05, 0) is 42.7 Å². The van der Waals surface area contributed by atoms with E-state index in [1.807, 2.05) is 13.0 Å². The van der Waals surface area contributed by atoms with Gasteiger partial charge in [-0.3, -0.25) is 15.1 Å². The van der Waals surface area contributed by atoms with Crippen molar-refractivity contribution in [2.24, 2.45) is 0 Å². The first-order chi connectivity index (χ1) is 15.2. The maximum Gasteiger partial charge on any atom is 0.417 e. The van der Waals surface area contributed by atoms with Gasteiger partial charge in [0.1, 0.15) is 5.82 Å². The average Bonchev–Trinajstić information content (AvgIpc) is 2.74. The number of alkyl halides is 3. The van der Waals surface area contributed by atoms with Crippen LogP contribution in [0.3, 0.4) is 0 Å². The molecule has 0 atom stereocenters. The number of pyridine rings is 2. The van der Waals surface area contributed by atoms with Gasteiger partial charge in [-0.1, -0.05) is 17.7 Å². The van der Waals surface area contributed by atoms with Gasteiger partial charge in [0, 0.05) is 32.0 Å². The van der Waals surface area contributed by atoms with Crippen LogP contribution in [-0.4, -0.2) is 46.4 Å². The maximum atomic E-state index is 12.6. The van der Waals surface area contributed by atoms with Crippen LogP contribution in [0.5, 0.6) is 0 Å². The zero-order valence-electron chi connectivity index (χ0n) is 17.2. The number of carbonyl (C=O) groups excluding carboxylic acids is 2. The minimum absolute atomic E-state index is 0.0326. The SMILES string of the molecule is CCNC(=O)Cc1cnc(C2=CCN(C(=O)Nc3ccc(C(F)(F)F)cn3)CC2)c(Cl)c1. The molecule has 2 aromatic rings. The number of carbonyl (C=O) groups is 2. The van der Waals surface area contributed by atoms with E-state index in [1.54, 1.807) is 12.3 Å². The van der Waals surface area contributed by atoms with Crippen LogP contribution >= 0.6 is 11.6 Å². The van der Waals surface area contributed by atoms with Crippen LogP contribution < -0.4 is 10.6 Å². The Morgan fingerprint density at radius 2 is 2.00 bits per heavy atom. The van der Waals surface area contributed by atoms with E-state index in [9.17, 15) is 22.8 Å². The van der Waals surface area contributed by atoms with E-state index in [0.29, 0.717) is 42.0 Å². The molecule has 3 heterocycles. The number of nitrogens with one attached hydrogen (secondary N) is 2. The molecule has 0 radical (unpaired) electrons. The maximum absolute atomic E-state index is 12.6. The lowest BCUT2D eigenvalue weighted by atomic mass is 10.0. The topological polar surface area (TPSA) is 87.2 Å². The standard InChI is InChI=1S/C21H21ClF3N5O2/c1-2-26-18(31)10-13-9-16(22)19(28-11-13)14-5-7-30(8-6-14)20(32)29-17-4-3-15(12-27-17)21(23,24)25/h3-5,9,11-12H,2,6-8,10H2,1H3,(H,26,31)(H,27,29,32). The molecule has 2 N–H and O–H groups in total. The summed E-state index contributed by atoms with van der Waals surface area (Å²) in [5.41, 5.74) is 1.28. The molecule has 170 valence electrons. The number of hydrogen-bond donors (Lipinski definition) is 2. The zero-order chi connectivity index (χ0) is 23.3. The fourth-order valence-electron chi connectivity index (χ4n) is 3.15. The van der Waals surface area contributed by atoms with Crippen LogP contribution in [0.1, 0.15) is 30.2 Å². The Labute approximate surface area is 187 Å². The van der Waals surface area contributed by atoms with Crippen molar-refractivity contribution in [2.75, 3.05) is 25.0 Å². The first-order valence-corrected chi connectivity index (χ1v) is 10.2. The van der Waals surface area contributed by atoms with E-state index in [-0.39, 0.29) is 24.7 Å². The van der Waals surface area contributed by atoms with Crippen molar-refractivity contribution in [2.45, 2.75) is 25.9 Å². The van der Waals surface area contributed by atoms with Crippen molar-refractivity contribution in [3.8, 4) is 0 Å². The molecule has 3 amide bonds. The van der Waals surface area contributed by atoms with Crippen molar-refractivity contribution in [3.63, 3.8) is 0 Å². The van der Waals surface area contributed by atoms with Crippen LogP contribution in [-0.2, 0) is 17.4 Å². The van der Waals surface area contributed by atoms with Gasteiger partial charge in [0.15, 0.2) is 0 Å². The highest BCUT2D eigenvalue weighted by Gasteiger charge is 2.30. The third kappa shape index (κ3) is 5.97. The summed E-state index contributed by atoms with van der Waals surface area (Å²) in [5, 5.41) is 5.63. The summed E-state index contributed by atoms with van der Waals surface area (Å²) in [6.45, 7) is 3.03. The Balaban J connectivity index is 1.60. The normalized spacial score (nSPS) is 14.0. The summed E-state index contributed by atoms with van der Waals surface area (Å²) in [6.07, 6.45) is 0.293. The van der Waals surface area contributed by atoms with Crippen molar-refractivity contribution >= 4 is 34.9 Å². The van der Waals surface area contributed by atoms with Gasteiger partial charge in [-0.15, -0.1) is 0 Å². The number of anilines is 1. The summed E-state index contributed by atoms with van der Waals surface area (Å²) in [6, 6.07) is 3.21. The van der Waals surface area contributed by atoms with Crippen LogP contribution in [0.4, 0.5) is 23.8 Å². The number of aromatic nitrogens is 2. The van der Waals surface area contributed by atoms with E-state index in [2.05, 4.69) is 20.6 Å². The van der Waals surface area contributed by atoms with E-state index < -0.39 is 17.8 Å². The molecule has 0 aliphatic carbocycles. The quantitative estimate of drug-likeness (QED) is 0.691. The third-order valence-corrected chi connectivity index (χ3v) is 5.05. The number of hydrogen-bond acceptors (Lipinski definition) is 4. The number of likely N-dealkylation sites (N-methyl/N-ethyl adjacent to an activating group) is 1. The Bertz CT molecular complexity index is 1030. The molecule has 0 aromatic carbocycles. The second-order valence-electron chi connectivity index (χ2n) is 7.09. The average molecular weight is 468 g/mol. The van der Waals surface area contributed by atoms with Crippen LogP contribution in [0.2, 0.25) is 5.02 Å². The van der Waals surface area contributed by atoms with Gasteiger partial charge in [0.05, 0.1) is 22.7 Å². The second-order valence-corrected chi connectivity index (χ2v) is 7.50. The Kier molecular flexibility index (Phi) is 7.34. The summed E-state index contributed by atoms with van der Waals surface area (Å²) in [4.78, 5) is 33.6. The summed E-state index contributed by atoms with van der Waals surface area (Å²) in [7, 11) is 0. The first-order valence-electron chi connectivity index (χ1n) is 9.87. The molecule has 11 heteroatoms. The van der Waals surface area contributed by atoms with Crippen LogP contribution in [0, 0.1) is 0 Å². The highest BCUT2D eigenvalue weighted by Crippen LogP contribution is 2.29. The van der Waals surface area contributed by atoms with Crippen LogP contribution in [0.15, 0.2) is 36.7 Å². The molecule has 0 fully saturated rings. The fraction of sp³-hybridized carbons (Fsp3) is 0.333. The molecule has 32 heavy (non-hydrogen) atoms. The molecule has 1 aliphatic heterocycles. The first kappa shape index (κ1) is 23.5. The number of nitrogens with zero attached hydrogens (tertiary/aromatic N) is 3. The van der Waals surface area contributed by atoms with Gasteiger partial charge in [-0.25, -0.2) is 9.78 Å². The molecule has 0 spiro atoms. The van der Waals surface area contributed by atoms with Crippen LogP contribution in [0.25, 0.3) is 5.57 Å². The largest absolute Gasteiger partial charge is 0.417 e. The lowest BCUT2D eigenvalue weighted by molar-refractivity contribution is -0.137. The molecular formula is C21H21ClF3N5O2. The van der Waals surface area contributed by atoms with Gasteiger partial charge < -0.3 is 10.2 Å². The van der Waals surface area contributed by atoms with E-state index in [4.69, 9.17) is 11.6 Å². The van der Waals surface area contributed by atoms with Crippen molar-refractivity contribution in [3.05, 3.63) is 58.5 Å². The Hall–Kier alpha value is -3.14. The lowest BCUT2D eigenvalue weighted by Gasteiger charge is -2.26. The summed E-state index contributed by atoms with van der Waals surface area (Å²) >= 11 is 6.36. The third-order valence-electron chi connectivity index (χ3n) is 4.76. The van der Waals surface area contributed by atoms with Gasteiger partial charge >= 0.3 is 12.2 Å². The minimum Gasteiger partial charge on any atom is -0.356 e. The molecule has 0 saturated carbocycles. The summed E-state index contributed by atoms with van der Waals surface area (Å²) in [5.74, 6) is -0.0793. The smallest absolute Gasteiger partial charge is 0.356 e. The minimum atomic E-state index is -4.49. The van der Waals surface area contributed by atoms with Crippen molar-refractivity contribution in [1.82, 2.24) is 20.2 Å². The van der Waals surface area contributed by atoms with Gasteiger partial charge in [0.2, 0.25) is 5.91 Å². The molecule has 7 nitrogen and oxygen atoms in total. The molecule has 0 bridgehead atoms. The molecule has 1 aliphatic rings. The summed E-state index contributed by atoms with van der Waals surface area (Å²) < 4.78 is 37.8. The monoisotopic (exact) mass is 467 g/mol. The van der Waals surface area contributed by atoms with E-state index in [1.165, 1.54) is 4.90 Å². The van der Waals surface area contributed by atoms with E-state index in [0.717, 1.165) is 17.7 Å².